The van der Waals surface area contributed by atoms with E-state index in [1.807, 2.05) is 31.3 Å². The van der Waals surface area contributed by atoms with E-state index in [2.05, 4.69) is 5.32 Å². The molecule has 1 saturated heterocycles. The molecule has 1 fully saturated rings. The normalized spacial score (nSPS) is 19.2. The average molecular weight is 283 g/mol. The van der Waals surface area contributed by atoms with Crippen molar-refractivity contribution in [2.45, 2.75) is 19.1 Å². The molecule has 1 aliphatic heterocycles. The molecule has 5 heteroatoms. The highest BCUT2D eigenvalue weighted by Gasteiger charge is 2.19. The van der Waals surface area contributed by atoms with Gasteiger partial charge < -0.3 is 15.0 Å². The number of benzene rings is 1. The van der Waals surface area contributed by atoms with E-state index >= 15 is 0 Å². The highest BCUT2D eigenvalue weighted by Crippen LogP contribution is 2.12. The highest BCUT2D eigenvalue weighted by molar-refractivity contribution is 6.30. The molecular weight excluding hydrogens is 264 g/mol. The third kappa shape index (κ3) is 4.49. The Balaban J connectivity index is 1.83. The van der Waals surface area contributed by atoms with Gasteiger partial charge in [0, 0.05) is 31.7 Å². The third-order valence-corrected chi connectivity index (χ3v) is 3.42. The van der Waals surface area contributed by atoms with E-state index in [1.165, 1.54) is 0 Å². The number of hydrogen-bond donors (Lipinski definition) is 1. The van der Waals surface area contributed by atoms with Gasteiger partial charge >= 0.3 is 0 Å². The number of carbonyl (C=O) groups excluding carboxylic acids is 1. The largest absolute Gasteiger partial charge is 0.375 e. The van der Waals surface area contributed by atoms with Crippen LogP contribution in [-0.4, -0.2) is 43.7 Å². The predicted octanol–water partition coefficient (Wildman–Crippen LogP) is 1.68. The maximum atomic E-state index is 12.1. The molecule has 1 aromatic rings. The van der Waals surface area contributed by atoms with Crippen LogP contribution in [0.1, 0.15) is 12.0 Å². The first-order valence-electron chi connectivity index (χ1n) is 6.46. The zero-order chi connectivity index (χ0) is 13.7. The van der Waals surface area contributed by atoms with Crippen molar-refractivity contribution in [3.05, 3.63) is 34.9 Å². The van der Waals surface area contributed by atoms with E-state index < -0.39 is 0 Å². The summed E-state index contributed by atoms with van der Waals surface area (Å²) in [4.78, 5) is 13.8. The number of nitrogens with zero attached hydrogens (tertiary/aromatic N) is 1. The number of halogens is 1. The molecule has 1 N–H and O–H groups in total. The van der Waals surface area contributed by atoms with Gasteiger partial charge in [-0.1, -0.05) is 23.7 Å². The molecule has 4 nitrogen and oxygen atoms in total. The second-order valence-electron chi connectivity index (χ2n) is 4.78. The van der Waals surface area contributed by atoms with Crippen molar-refractivity contribution in [1.29, 1.82) is 0 Å². The minimum Gasteiger partial charge on any atom is -0.375 e. The Morgan fingerprint density at radius 2 is 2.21 bits per heavy atom. The van der Waals surface area contributed by atoms with Crippen LogP contribution in [-0.2, 0) is 16.1 Å². The van der Waals surface area contributed by atoms with Crippen LogP contribution in [0.5, 0.6) is 0 Å². The lowest BCUT2D eigenvalue weighted by molar-refractivity contribution is -0.133. The van der Waals surface area contributed by atoms with Crippen LogP contribution in [0.15, 0.2) is 24.3 Å². The van der Waals surface area contributed by atoms with Gasteiger partial charge in [0.1, 0.15) is 0 Å². The minimum atomic E-state index is -0.00563. The van der Waals surface area contributed by atoms with Crippen LogP contribution >= 0.6 is 11.6 Å². The number of ether oxygens (including phenoxy) is 1. The van der Waals surface area contributed by atoms with Crippen molar-refractivity contribution < 1.29 is 9.53 Å². The number of hydrogen-bond acceptors (Lipinski definition) is 3. The summed E-state index contributed by atoms with van der Waals surface area (Å²) in [5.74, 6) is 0.101. The zero-order valence-corrected chi connectivity index (χ0v) is 11.8. The Hall–Kier alpha value is -1.10. The first-order chi connectivity index (χ1) is 9.15. The SMILES string of the molecule is CN(Cc1ccc(Cl)cc1)C(=O)CC1CNCCO1. The molecule has 2 rings (SSSR count). The summed E-state index contributed by atoms with van der Waals surface area (Å²) in [7, 11) is 1.81. The van der Waals surface area contributed by atoms with Crippen molar-refractivity contribution in [2.75, 3.05) is 26.7 Å². The number of amides is 1. The molecule has 1 heterocycles. The van der Waals surface area contributed by atoms with E-state index in [9.17, 15) is 4.79 Å². The van der Waals surface area contributed by atoms with Gasteiger partial charge in [0.2, 0.25) is 5.91 Å². The monoisotopic (exact) mass is 282 g/mol. The van der Waals surface area contributed by atoms with E-state index in [1.54, 1.807) is 4.90 Å². The molecule has 1 aromatic carbocycles. The van der Waals surface area contributed by atoms with E-state index in [0.717, 1.165) is 18.7 Å². The van der Waals surface area contributed by atoms with Gasteiger partial charge in [-0.3, -0.25) is 4.79 Å². The summed E-state index contributed by atoms with van der Waals surface area (Å²) >= 11 is 5.84. The van der Waals surface area contributed by atoms with Gasteiger partial charge in [-0.2, -0.15) is 0 Å². The molecule has 0 spiro atoms. The van der Waals surface area contributed by atoms with Crippen LogP contribution in [0.3, 0.4) is 0 Å². The molecule has 1 unspecified atom stereocenters. The van der Waals surface area contributed by atoms with Gasteiger partial charge in [-0.05, 0) is 17.7 Å². The highest BCUT2D eigenvalue weighted by atomic mass is 35.5. The fourth-order valence-corrected chi connectivity index (χ4v) is 2.18. The quantitative estimate of drug-likeness (QED) is 0.914. The number of morpholine rings is 1. The Bertz CT molecular complexity index is 416. The van der Waals surface area contributed by atoms with Crippen LogP contribution in [0.4, 0.5) is 0 Å². The molecule has 0 saturated carbocycles. The third-order valence-electron chi connectivity index (χ3n) is 3.17. The van der Waals surface area contributed by atoms with Gasteiger partial charge in [0.05, 0.1) is 19.1 Å². The van der Waals surface area contributed by atoms with Crippen LogP contribution < -0.4 is 5.32 Å². The molecule has 0 bridgehead atoms. The Morgan fingerprint density at radius 1 is 1.47 bits per heavy atom. The second-order valence-corrected chi connectivity index (χ2v) is 5.21. The first kappa shape index (κ1) is 14.3. The Kier molecular flexibility index (Phi) is 5.19. The fourth-order valence-electron chi connectivity index (χ4n) is 2.05. The van der Waals surface area contributed by atoms with Gasteiger partial charge in [0.15, 0.2) is 0 Å². The summed E-state index contributed by atoms with van der Waals surface area (Å²) in [5, 5.41) is 3.93. The average Bonchev–Trinajstić information content (AvgIpc) is 2.42. The van der Waals surface area contributed by atoms with Crippen LogP contribution in [0.25, 0.3) is 0 Å². The molecule has 1 aliphatic rings. The lowest BCUT2D eigenvalue weighted by atomic mass is 10.2. The van der Waals surface area contributed by atoms with E-state index in [0.29, 0.717) is 24.6 Å². The number of nitrogens with one attached hydrogen (secondary N) is 1. The molecular formula is C14H19ClN2O2. The first-order valence-corrected chi connectivity index (χ1v) is 6.83. The van der Waals surface area contributed by atoms with Crippen LogP contribution in [0, 0.1) is 0 Å². The maximum absolute atomic E-state index is 12.1. The molecule has 0 radical (unpaired) electrons. The zero-order valence-electron chi connectivity index (χ0n) is 11.1. The summed E-state index contributed by atoms with van der Waals surface area (Å²) < 4.78 is 5.54. The van der Waals surface area contributed by atoms with Gasteiger partial charge in [-0.15, -0.1) is 0 Å². The predicted molar refractivity (Wildman–Crippen MR) is 75.2 cm³/mol. The van der Waals surface area contributed by atoms with Crippen molar-refractivity contribution in [2.24, 2.45) is 0 Å². The number of rotatable bonds is 4. The maximum Gasteiger partial charge on any atom is 0.225 e. The summed E-state index contributed by atoms with van der Waals surface area (Å²) in [6.45, 7) is 2.89. The second kappa shape index (κ2) is 6.89. The standard InChI is InChI=1S/C14H19ClN2O2/c1-17(10-11-2-4-12(15)5-3-11)14(18)8-13-9-16-6-7-19-13/h2-5,13,16H,6-10H2,1H3. The van der Waals surface area contributed by atoms with Gasteiger partial charge in [0.25, 0.3) is 0 Å². The van der Waals surface area contributed by atoms with Crippen molar-refractivity contribution in [3.8, 4) is 0 Å². The summed E-state index contributed by atoms with van der Waals surface area (Å²) in [5.41, 5.74) is 1.07. The Labute approximate surface area is 118 Å². The van der Waals surface area contributed by atoms with E-state index in [4.69, 9.17) is 16.3 Å². The summed E-state index contributed by atoms with van der Waals surface area (Å²) in [6.07, 6.45) is 0.422. The smallest absolute Gasteiger partial charge is 0.225 e. The molecule has 19 heavy (non-hydrogen) atoms. The van der Waals surface area contributed by atoms with Crippen molar-refractivity contribution in [3.63, 3.8) is 0 Å². The molecule has 1 atom stereocenters. The van der Waals surface area contributed by atoms with E-state index in [-0.39, 0.29) is 12.0 Å². The Morgan fingerprint density at radius 3 is 2.84 bits per heavy atom. The molecule has 0 aromatic heterocycles. The number of carbonyl (C=O) groups is 1. The van der Waals surface area contributed by atoms with Gasteiger partial charge in [-0.25, -0.2) is 0 Å². The fraction of sp³-hybridized carbons (Fsp3) is 0.500. The van der Waals surface area contributed by atoms with Crippen LogP contribution in [0.2, 0.25) is 5.02 Å². The minimum absolute atomic E-state index is 0.00563. The lowest BCUT2D eigenvalue weighted by Gasteiger charge is -2.25. The lowest BCUT2D eigenvalue weighted by Crippen LogP contribution is -2.41. The van der Waals surface area contributed by atoms with Crippen molar-refractivity contribution >= 4 is 17.5 Å². The molecule has 1 amide bonds. The summed E-state index contributed by atoms with van der Waals surface area (Å²) in [6, 6.07) is 7.54. The molecule has 0 aliphatic carbocycles. The molecule has 104 valence electrons. The topological polar surface area (TPSA) is 41.6 Å². The van der Waals surface area contributed by atoms with Crippen molar-refractivity contribution in [1.82, 2.24) is 10.2 Å².